The highest BCUT2D eigenvalue weighted by atomic mass is 35.5. The fraction of sp³-hybridized carbons (Fsp3) is 0.222. The molecule has 1 N–H and O–H groups in total. The molecule has 126 valence electrons. The monoisotopic (exact) mass is 348 g/mol. The van der Waals surface area contributed by atoms with Crippen LogP contribution in [0.1, 0.15) is 12.5 Å². The van der Waals surface area contributed by atoms with E-state index in [1.807, 2.05) is 0 Å². The van der Waals surface area contributed by atoms with Crippen LogP contribution in [0.15, 0.2) is 48.5 Å². The first kappa shape index (κ1) is 17.9. The normalized spacial score (nSPS) is 10.3. The number of nitrogens with one attached hydrogen (secondary N) is 1. The van der Waals surface area contributed by atoms with Gasteiger partial charge in [-0.3, -0.25) is 9.59 Å². The SMILES string of the molecule is CC(=O)N(CCNC(=O)Cc1cccc(F)c1)c1cccc(Cl)c1. The van der Waals surface area contributed by atoms with Crippen LogP contribution in [-0.2, 0) is 16.0 Å². The molecule has 0 aliphatic carbocycles. The predicted molar refractivity (Wildman–Crippen MR) is 92.6 cm³/mol. The first-order valence-corrected chi connectivity index (χ1v) is 7.88. The molecule has 0 unspecified atom stereocenters. The van der Waals surface area contributed by atoms with Gasteiger partial charge in [-0.15, -0.1) is 0 Å². The fourth-order valence-corrected chi connectivity index (χ4v) is 2.50. The van der Waals surface area contributed by atoms with E-state index in [4.69, 9.17) is 11.6 Å². The molecule has 0 saturated heterocycles. The summed E-state index contributed by atoms with van der Waals surface area (Å²) in [7, 11) is 0. The van der Waals surface area contributed by atoms with Gasteiger partial charge in [0, 0.05) is 30.7 Å². The first-order valence-electron chi connectivity index (χ1n) is 7.50. The number of hydrogen-bond donors (Lipinski definition) is 1. The van der Waals surface area contributed by atoms with E-state index in [1.165, 1.54) is 24.0 Å². The van der Waals surface area contributed by atoms with E-state index in [9.17, 15) is 14.0 Å². The van der Waals surface area contributed by atoms with Crippen LogP contribution in [0.4, 0.5) is 10.1 Å². The molecule has 4 nitrogen and oxygen atoms in total. The van der Waals surface area contributed by atoms with E-state index < -0.39 is 0 Å². The number of rotatable bonds is 6. The lowest BCUT2D eigenvalue weighted by Crippen LogP contribution is -2.38. The zero-order chi connectivity index (χ0) is 17.5. The summed E-state index contributed by atoms with van der Waals surface area (Å²) in [6.07, 6.45) is 0.0923. The predicted octanol–water partition coefficient (Wildman–Crippen LogP) is 3.19. The molecule has 0 aromatic heterocycles. The second-order valence-electron chi connectivity index (χ2n) is 5.31. The summed E-state index contributed by atoms with van der Waals surface area (Å²) in [4.78, 5) is 25.2. The zero-order valence-electron chi connectivity index (χ0n) is 13.3. The third-order valence-corrected chi connectivity index (χ3v) is 3.65. The highest BCUT2D eigenvalue weighted by Crippen LogP contribution is 2.19. The van der Waals surface area contributed by atoms with Crippen molar-refractivity contribution in [2.75, 3.05) is 18.0 Å². The van der Waals surface area contributed by atoms with Crippen LogP contribution in [0.25, 0.3) is 0 Å². The molecule has 0 bridgehead atoms. The van der Waals surface area contributed by atoms with Crippen LogP contribution in [0.2, 0.25) is 5.02 Å². The summed E-state index contributed by atoms with van der Waals surface area (Å²) in [6, 6.07) is 12.9. The van der Waals surface area contributed by atoms with Crippen molar-refractivity contribution >= 4 is 29.1 Å². The third-order valence-electron chi connectivity index (χ3n) is 3.41. The van der Waals surface area contributed by atoms with Gasteiger partial charge in [0.05, 0.1) is 6.42 Å². The quantitative estimate of drug-likeness (QED) is 0.871. The Bertz CT molecular complexity index is 736. The summed E-state index contributed by atoms with van der Waals surface area (Å²) < 4.78 is 13.1. The van der Waals surface area contributed by atoms with Crippen LogP contribution < -0.4 is 10.2 Å². The minimum absolute atomic E-state index is 0.0923. The molecule has 6 heteroatoms. The van der Waals surface area contributed by atoms with E-state index in [0.717, 1.165) is 0 Å². The maximum absolute atomic E-state index is 13.1. The summed E-state index contributed by atoms with van der Waals surface area (Å²) in [5, 5.41) is 3.27. The number of halogens is 2. The van der Waals surface area contributed by atoms with E-state index in [0.29, 0.717) is 29.4 Å². The number of carbonyl (C=O) groups is 2. The standard InChI is InChI=1S/C18H18ClFN2O2/c1-13(23)22(17-7-3-5-15(19)12-17)9-8-21-18(24)11-14-4-2-6-16(20)10-14/h2-7,10,12H,8-9,11H2,1H3,(H,21,24). The van der Waals surface area contributed by atoms with Crippen molar-refractivity contribution in [3.63, 3.8) is 0 Å². The van der Waals surface area contributed by atoms with Gasteiger partial charge in [-0.25, -0.2) is 4.39 Å². The van der Waals surface area contributed by atoms with Crippen LogP contribution >= 0.6 is 11.6 Å². The second kappa shape index (κ2) is 8.45. The molecular formula is C18H18ClFN2O2. The number of amides is 2. The lowest BCUT2D eigenvalue weighted by molar-refractivity contribution is -0.121. The molecule has 0 aliphatic rings. The van der Waals surface area contributed by atoms with Crippen LogP contribution in [-0.4, -0.2) is 24.9 Å². The zero-order valence-corrected chi connectivity index (χ0v) is 14.0. The van der Waals surface area contributed by atoms with Crippen LogP contribution in [0.3, 0.4) is 0 Å². The molecule has 0 fully saturated rings. The van der Waals surface area contributed by atoms with Crippen molar-refractivity contribution in [2.45, 2.75) is 13.3 Å². The average molecular weight is 349 g/mol. The van der Waals surface area contributed by atoms with E-state index >= 15 is 0 Å². The lowest BCUT2D eigenvalue weighted by Gasteiger charge is -2.21. The summed E-state index contributed by atoms with van der Waals surface area (Å²) >= 11 is 5.94. The molecule has 0 saturated carbocycles. The minimum Gasteiger partial charge on any atom is -0.354 e. The molecule has 24 heavy (non-hydrogen) atoms. The molecule has 2 rings (SSSR count). The van der Waals surface area contributed by atoms with Gasteiger partial charge in [0.25, 0.3) is 0 Å². The summed E-state index contributed by atoms with van der Waals surface area (Å²) in [5.41, 5.74) is 1.28. The van der Waals surface area contributed by atoms with Gasteiger partial charge in [-0.05, 0) is 35.9 Å². The van der Waals surface area contributed by atoms with Gasteiger partial charge in [-0.2, -0.15) is 0 Å². The molecule has 2 aromatic carbocycles. The molecule has 0 spiro atoms. The Morgan fingerprint density at radius 3 is 2.58 bits per heavy atom. The van der Waals surface area contributed by atoms with Gasteiger partial charge in [0.1, 0.15) is 5.82 Å². The smallest absolute Gasteiger partial charge is 0.224 e. The Labute approximate surface area is 145 Å². The van der Waals surface area contributed by atoms with E-state index in [2.05, 4.69) is 5.32 Å². The van der Waals surface area contributed by atoms with Crippen molar-refractivity contribution in [1.29, 1.82) is 0 Å². The molecular weight excluding hydrogens is 331 g/mol. The van der Waals surface area contributed by atoms with Crippen LogP contribution in [0, 0.1) is 5.82 Å². The van der Waals surface area contributed by atoms with Gasteiger partial charge in [0.2, 0.25) is 11.8 Å². The van der Waals surface area contributed by atoms with Crippen molar-refractivity contribution in [2.24, 2.45) is 0 Å². The molecule has 2 amide bonds. The van der Waals surface area contributed by atoms with Gasteiger partial charge in [0.15, 0.2) is 0 Å². The van der Waals surface area contributed by atoms with Crippen molar-refractivity contribution in [3.8, 4) is 0 Å². The molecule has 0 aliphatic heterocycles. The van der Waals surface area contributed by atoms with E-state index in [1.54, 1.807) is 36.4 Å². The number of hydrogen-bond acceptors (Lipinski definition) is 2. The minimum atomic E-state index is -0.371. The maximum Gasteiger partial charge on any atom is 0.224 e. The molecule has 0 atom stereocenters. The number of benzene rings is 2. The van der Waals surface area contributed by atoms with Crippen LogP contribution in [0.5, 0.6) is 0 Å². The second-order valence-corrected chi connectivity index (χ2v) is 5.74. The van der Waals surface area contributed by atoms with Crippen molar-refractivity contribution in [3.05, 3.63) is 64.9 Å². The maximum atomic E-state index is 13.1. The molecule has 2 aromatic rings. The topological polar surface area (TPSA) is 49.4 Å². The Morgan fingerprint density at radius 2 is 1.92 bits per heavy atom. The first-order chi connectivity index (χ1) is 11.5. The van der Waals surface area contributed by atoms with Gasteiger partial charge < -0.3 is 10.2 Å². The van der Waals surface area contributed by atoms with Crippen molar-refractivity contribution in [1.82, 2.24) is 5.32 Å². The lowest BCUT2D eigenvalue weighted by atomic mass is 10.1. The molecule has 0 radical (unpaired) electrons. The third kappa shape index (κ3) is 5.35. The number of nitrogens with zero attached hydrogens (tertiary/aromatic N) is 1. The van der Waals surface area contributed by atoms with Gasteiger partial charge in [-0.1, -0.05) is 29.8 Å². The van der Waals surface area contributed by atoms with Crippen molar-refractivity contribution < 1.29 is 14.0 Å². The Balaban J connectivity index is 1.89. The Kier molecular flexibility index (Phi) is 6.32. The Hall–Kier alpha value is -2.40. The highest BCUT2D eigenvalue weighted by Gasteiger charge is 2.12. The molecule has 0 heterocycles. The largest absolute Gasteiger partial charge is 0.354 e. The number of anilines is 1. The summed E-state index contributed by atoms with van der Waals surface area (Å²) in [6.45, 7) is 2.07. The van der Waals surface area contributed by atoms with E-state index in [-0.39, 0.29) is 24.1 Å². The Morgan fingerprint density at radius 1 is 1.17 bits per heavy atom. The fourth-order valence-electron chi connectivity index (χ4n) is 2.31. The summed E-state index contributed by atoms with van der Waals surface area (Å²) in [5.74, 6) is -0.740. The average Bonchev–Trinajstić information content (AvgIpc) is 2.51. The highest BCUT2D eigenvalue weighted by molar-refractivity contribution is 6.30. The number of carbonyl (C=O) groups excluding carboxylic acids is 2. The van der Waals surface area contributed by atoms with Gasteiger partial charge >= 0.3 is 0 Å².